The minimum Gasteiger partial charge on any atom is -0.481 e. The van der Waals surface area contributed by atoms with E-state index in [1.165, 1.54) is 12.1 Å². The lowest BCUT2D eigenvalue weighted by Crippen LogP contribution is -2.17. The van der Waals surface area contributed by atoms with Gasteiger partial charge in [-0.25, -0.2) is 0 Å². The second-order valence-electron chi connectivity index (χ2n) is 4.55. The van der Waals surface area contributed by atoms with Gasteiger partial charge in [-0.3, -0.25) is 19.7 Å². The van der Waals surface area contributed by atoms with Gasteiger partial charge >= 0.3 is 5.97 Å². The number of carboxylic acids is 1. The van der Waals surface area contributed by atoms with Crippen LogP contribution in [0.4, 0.5) is 11.4 Å². The normalized spacial score (nSPS) is 20.7. The average molecular weight is 264 g/mol. The van der Waals surface area contributed by atoms with Gasteiger partial charge in [-0.1, -0.05) is 6.07 Å². The molecule has 0 saturated heterocycles. The summed E-state index contributed by atoms with van der Waals surface area (Å²) in [6, 6.07) is 4.45. The Labute approximate surface area is 108 Å². The first-order chi connectivity index (χ1) is 8.90. The van der Waals surface area contributed by atoms with Crippen molar-refractivity contribution in [2.24, 2.45) is 11.8 Å². The van der Waals surface area contributed by atoms with E-state index in [9.17, 15) is 19.7 Å². The number of aryl methyl sites for hydroxylation is 1. The second kappa shape index (κ2) is 4.68. The summed E-state index contributed by atoms with van der Waals surface area (Å²) in [7, 11) is 0. The maximum absolute atomic E-state index is 11.8. The fourth-order valence-corrected chi connectivity index (χ4v) is 1.88. The molecule has 1 aromatic rings. The molecule has 7 heteroatoms. The summed E-state index contributed by atoms with van der Waals surface area (Å²) in [5.74, 6) is -2.78. The van der Waals surface area contributed by atoms with Gasteiger partial charge in [-0.15, -0.1) is 0 Å². The highest BCUT2D eigenvalue weighted by molar-refractivity contribution is 5.99. The van der Waals surface area contributed by atoms with E-state index in [1.807, 2.05) is 0 Å². The molecule has 0 heterocycles. The summed E-state index contributed by atoms with van der Waals surface area (Å²) >= 11 is 0. The molecule has 0 aromatic heterocycles. The van der Waals surface area contributed by atoms with E-state index in [4.69, 9.17) is 5.11 Å². The van der Waals surface area contributed by atoms with Gasteiger partial charge in [0.05, 0.1) is 16.8 Å². The molecule has 1 fully saturated rings. The first-order valence-corrected chi connectivity index (χ1v) is 5.69. The highest BCUT2D eigenvalue weighted by Crippen LogP contribution is 2.40. The van der Waals surface area contributed by atoms with Gasteiger partial charge in [0.15, 0.2) is 0 Å². The number of carbonyl (C=O) groups excluding carboxylic acids is 1. The van der Waals surface area contributed by atoms with Crippen molar-refractivity contribution in [2.75, 3.05) is 5.32 Å². The van der Waals surface area contributed by atoms with Crippen molar-refractivity contribution in [1.29, 1.82) is 0 Å². The first kappa shape index (κ1) is 13.0. The van der Waals surface area contributed by atoms with Crippen LogP contribution in [-0.4, -0.2) is 21.9 Å². The summed E-state index contributed by atoms with van der Waals surface area (Å²) in [5.41, 5.74) is 0.608. The molecular formula is C12H12N2O5. The molecule has 2 N–H and O–H groups in total. The standard InChI is InChI=1S/C12H12N2O5/c1-6-2-3-9(10(4-6)14(18)19)13-11(15)7-5-8(7)12(16)17/h2-4,7-8H,5H2,1H3,(H,13,15)(H,16,17)/t7-,8+/m1/s1. The smallest absolute Gasteiger partial charge is 0.307 e. The third-order valence-electron chi connectivity index (χ3n) is 3.05. The number of benzene rings is 1. The summed E-state index contributed by atoms with van der Waals surface area (Å²) in [6.45, 7) is 1.71. The van der Waals surface area contributed by atoms with Gasteiger partial charge in [-0.05, 0) is 25.0 Å². The summed E-state index contributed by atoms with van der Waals surface area (Å²) in [4.78, 5) is 32.7. The predicted molar refractivity (Wildman–Crippen MR) is 65.7 cm³/mol. The van der Waals surface area contributed by atoms with E-state index in [-0.39, 0.29) is 17.8 Å². The number of carbonyl (C=O) groups is 2. The molecule has 2 rings (SSSR count). The Bertz CT molecular complexity index is 569. The van der Waals surface area contributed by atoms with Crippen molar-refractivity contribution >= 4 is 23.3 Å². The number of rotatable bonds is 4. The summed E-state index contributed by atoms with van der Waals surface area (Å²) < 4.78 is 0. The molecule has 2 atom stereocenters. The first-order valence-electron chi connectivity index (χ1n) is 5.69. The van der Waals surface area contributed by atoms with Crippen molar-refractivity contribution in [2.45, 2.75) is 13.3 Å². The molecule has 0 radical (unpaired) electrons. The quantitative estimate of drug-likeness (QED) is 0.633. The Morgan fingerprint density at radius 1 is 1.42 bits per heavy atom. The van der Waals surface area contributed by atoms with Crippen LogP contribution in [0.2, 0.25) is 0 Å². The zero-order valence-electron chi connectivity index (χ0n) is 10.1. The minimum atomic E-state index is -1.02. The molecule has 0 unspecified atom stereocenters. The number of hydrogen-bond donors (Lipinski definition) is 2. The fraction of sp³-hybridized carbons (Fsp3) is 0.333. The molecule has 100 valence electrons. The van der Waals surface area contributed by atoms with Gasteiger partial charge in [-0.2, -0.15) is 0 Å². The Kier molecular flexibility index (Phi) is 3.20. The molecule has 7 nitrogen and oxygen atoms in total. The van der Waals surface area contributed by atoms with Gasteiger partial charge in [0.1, 0.15) is 5.69 Å². The SMILES string of the molecule is Cc1ccc(NC(=O)[C@@H]2C[C@@H]2C(=O)O)c([N+](=O)[O-])c1. The maximum atomic E-state index is 11.8. The summed E-state index contributed by atoms with van der Waals surface area (Å²) in [6.07, 6.45) is 0.279. The van der Waals surface area contributed by atoms with Crippen LogP contribution >= 0.6 is 0 Å². The van der Waals surface area contributed by atoms with Crippen LogP contribution < -0.4 is 5.32 Å². The number of anilines is 1. The van der Waals surface area contributed by atoms with Crippen LogP contribution in [0.3, 0.4) is 0 Å². The van der Waals surface area contributed by atoms with Crippen molar-refractivity contribution in [3.63, 3.8) is 0 Å². The van der Waals surface area contributed by atoms with Gasteiger partial charge in [0.2, 0.25) is 5.91 Å². The van der Waals surface area contributed by atoms with E-state index >= 15 is 0 Å². The van der Waals surface area contributed by atoms with E-state index in [1.54, 1.807) is 13.0 Å². The van der Waals surface area contributed by atoms with Crippen molar-refractivity contribution < 1.29 is 19.6 Å². The molecular weight excluding hydrogens is 252 g/mol. The van der Waals surface area contributed by atoms with E-state index in [0.29, 0.717) is 5.56 Å². The minimum absolute atomic E-state index is 0.0941. The highest BCUT2D eigenvalue weighted by Gasteiger charge is 2.48. The van der Waals surface area contributed by atoms with Crippen molar-refractivity contribution in [1.82, 2.24) is 0 Å². The molecule has 0 bridgehead atoms. The van der Waals surface area contributed by atoms with E-state index < -0.39 is 28.6 Å². The fourth-order valence-electron chi connectivity index (χ4n) is 1.88. The highest BCUT2D eigenvalue weighted by atomic mass is 16.6. The largest absolute Gasteiger partial charge is 0.481 e. The van der Waals surface area contributed by atoms with Crippen LogP contribution in [0.5, 0.6) is 0 Å². The van der Waals surface area contributed by atoms with Crippen molar-refractivity contribution in [3.8, 4) is 0 Å². The Balaban J connectivity index is 2.14. The number of nitro benzene ring substituents is 1. The monoisotopic (exact) mass is 264 g/mol. The Morgan fingerprint density at radius 3 is 2.63 bits per heavy atom. The molecule has 1 aliphatic rings. The lowest BCUT2D eigenvalue weighted by Gasteiger charge is -2.06. The second-order valence-corrected chi connectivity index (χ2v) is 4.55. The lowest BCUT2D eigenvalue weighted by molar-refractivity contribution is -0.384. The number of carboxylic acid groups (broad SMARTS) is 1. The number of hydrogen-bond acceptors (Lipinski definition) is 4. The average Bonchev–Trinajstić information content (AvgIpc) is 3.11. The Morgan fingerprint density at radius 2 is 2.11 bits per heavy atom. The van der Waals surface area contributed by atoms with Crippen LogP contribution in [-0.2, 0) is 9.59 Å². The molecule has 1 aromatic carbocycles. The van der Waals surface area contributed by atoms with Crippen LogP contribution in [0.15, 0.2) is 18.2 Å². The predicted octanol–water partition coefficient (Wildman–Crippen LogP) is 1.56. The number of nitrogens with zero attached hydrogens (tertiary/aromatic N) is 1. The maximum Gasteiger partial charge on any atom is 0.307 e. The lowest BCUT2D eigenvalue weighted by atomic mass is 10.2. The molecule has 1 saturated carbocycles. The van der Waals surface area contributed by atoms with Gasteiger partial charge in [0.25, 0.3) is 5.69 Å². The van der Waals surface area contributed by atoms with E-state index in [2.05, 4.69) is 5.32 Å². The van der Waals surface area contributed by atoms with Crippen LogP contribution in [0, 0.1) is 28.9 Å². The number of nitro groups is 1. The third kappa shape index (κ3) is 2.70. The van der Waals surface area contributed by atoms with Crippen LogP contribution in [0.25, 0.3) is 0 Å². The van der Waals surface area contributed by atoms with Gasteiger partial charge < -0.3 is 10.4 Å². The van der Waals surface area contributed by atoms with Crippen LogP contribution in [0.1, 0.15) is 12.0 Å². The topological polar surface area (TPSA) is 110 Å². The van der Waals surface area contributed by atoms with Gasteiger partial charge in [0, 0.05) is 6.07 Å². The number of aliphatic carboxylic acids is 1. The Hall–Kier alpha value is -2.44. The zero-order chi connectivity index (χ0) is 14.2. The molecule has 19 heavy (non-hydrogen) atoms. The van der Waals surface area contributed by atoms with E-state index in [0.717, 1.165) is 0 Å². The number of nitrogens with one attached hydrogen (secondary N) is 1. The molecule has 0 spiro atoms. The molecule has 1 aliphatic carbocycles. The number of amides is 1. The molecule has 1 amide bonds. The molecule has 0 aliphatic heterocycles. The van der Waals surface area contributed by atoms with Crippen molar-refractivity contribution in [3.05, 3.63) is 33.9 Å². The third-order valence-corrected chi connectivity index (χ3v) is 3.05. The summed E-state index contributed by atoms with van der Waals surface area (Å²) in [5, 5.41) is 22.0. The zero-order valence-corrected chi connectivity index (χ0v) is 10.1.